The Hall–Kier alpha value is -3.37. The Kier molecular flexibility index (Phi) is 12.2. The van der Waals surface area contributed by atoms with Gasteiger partial charge in [0.1, 0.15) is 12.6 Å². The van der Waals surface area contributed by atoms with Crippen LogP contribution in [0.2, 0.25) is 10.0 Å². The molecule has 1 fully saturated rings. The molecule has 1 aliphatic rings. The van der Waals surface area contributed by atoms with E-state index in [0.29, 0.717) is 0 Å². The van der Waals surface area contributed by atoms with Crippen molar-refractivity contribution in [3.63, 3.8) is 0 Å². The third-order valence-corrected chi connectivity index (χ3v) is 11.6. The summed E-state index contributed by atoms with van der Waals surface area (Å²) in [7, 11) is -4.26. The molecule has 11 heteroatoms. The van der Waals surface area contributed by atoms with Crippen LogP contribution < -0.4 is 9.62 Å². The molecule has 1 unspecified atom stereocenters. The number of carbonyl (C=O) groups excluding carboxylic acids is 2. The van der Waals surface area contributed by atoms with Gasteiger partial charge >= 0.3 is 0 Å². The molecule has 5 rings (SSSR count). The maximum Gasteiger partial charge on any atom is 0.264 e. The summed E-state index contributed by atoms with van der Waals surface area (Å²) >= 11 is 16.0. The molecule has 4 aromatic carbocycles. The summed E-state index contributed by atoms with van der Waals surface area (Å²) in [6.45, 7) is 1.37. The first-order valence-corrected chi connectivity index (χ1v) is 18.9. The molecule has 0 aromatic heterocycles. The summed E-state index contributed by atoms with van der Waals surface area (Å²) in [5.74, 6) is -0.807. The Bertz CT molecular complexity index is 1820. The van der Waals surface area contributed by atoms with Gasteiger partial charge in [0.05, 0.1) is 20.6 Å². The van der Waals surface area contributed by atoms with E-state index in [9.17, 15) is 18.0 Å². The Labute approximate surface area is 301 Å². The van der Waals surface area contributed by atoms with Crippen LogP contribution in [0, 0.1) is 6.92 Å². The molecule has 1 saturated carbocycles. The van der Waals surface area contributed by atoms with Crippen LogP contribution >= 0.6 is 39.1 Å². The summed E-state index contributed by atoms with van der Waals surface area (Å²) in [5, 5.41) is 3.62. The van der Waals surface area contributed by atoms with Gasteiger partial charge in [0.15, 0.2) is 0 Å². The Morgan fingerprint density at radius 3 is 2.17 bits per heavy atom. The third-order valence-electron chi connectivity index (χ3n) is 8.57. The third kappa shape index (κ3) is 9.20. The molecule has 1 aliphatic carbocycles. The van der Waals surface area contributed by atoms with Crippen molar-refractivity contribution in [3.8, 4) is 0 Å². The molecule has 1 N–H and O–H groups in total. The normalized spacial score (nSPS) is 14.2. The second kappa shape index (κ2) is 16.4. The minimum atomic E-state index is -4.26. The summed E-state index contributed by atoms with van der Waals surface area (Å²) < 4.78 is 30.4. The SMILES string of the molecule is Cc1ccc(S(=O)(=O)N(CC(=O)N(Cc2ccc(Br)cc2)C(Cc2ccccc2)C(=O)NC2CCCCC2)c2ccc(Cl)c(Cl)c2)cc1. The van der Waals surface area contributed by atoms with Gasteiger partial charge in [-0.2, -0.15) is 0 Å². The first kappa shape index (κ1) is 35.9. The van der Waals surface area contributed by atoms with Crippen molar-refractivity contribution in [2.45, 2.75) is 69.0 Å². The molecule has 7 nitrogen and oxygen atoms in total. The molecule has 252 valence electrons. The predicted octanol–water partition coefficient (Wildman–Crippen LogP) is 8.35. The van der Waals surface area contributed by atoms with E-state index in [4.69, 9.17) is 23.2 Å². The monoisotopic (exact) mass is 769 g/mol. The topological polar surface area (TPSA) is 86.8 Å². The number of carbonyl (C=O) groups is 2. The summed E-state index contributed by atoms with van der Waals surface area (Å²) in [6, 6.07) is 27.0. The molecule has 0 radical (unpaired) electrons. The molecule has 0 heterocycles. The summed E-state index contributed by atoms with van der Waals surface area (Å²) in [6.07, 6.45) is 5.21. The Balaban J connectivity index is 1.57. The van der Waals surface area contributed by atoms with Crippen LogP contribution in [0.4, 0.5) is 5.69 Å². The molecule has 2 amide bonds. The van der Waals surface area contributed by atoms with Gasteiger partial charge in [-0.05, 0) is 73.4 Å². The van der Waals surface area contributed by atoms with Crippen molar-refractivity contribution in [3.05, 3.63) is 128 Å². The van der Waals surface area contributed by atoms with Gasteiger partial charge in [0, 0.05) is 23.5 Å². The minimum Gasteiger partial charge on any atom is -0.352 e. The molecule has 48 heavy (non-hydrogen) atoms. The Morgan fingerprint density at radius 1 is 0.854 bits per heavy atom. The van der Waals surface area contributed by atoms with Crippen molar-refractivity contribution in [1.29, 1.82) is 0 Å². The van der Waals surface area contributed by atoms with Gasteiger partial charge in [0.2, 0.25) is 11.8 Å². The van der Waals surface area contributed by atoms with E-state index in [1.165, 1.54) is 35.2 Å². The largest absolute Gasteiger partial charge is 0.352 e. The second-order valence-corrected chi connectivity index (χ2v) is 15.7. The fraction of sp³-hybridized carbons (Fsp3) is 0.297. The molecular weight excluding hydrogens is 733 g/mol. The molecule has 4 aromatic rings. The molecule has 0 bridgehead atoms. The lowest BCUT2D eigenvalue weighted by Gasteiger charge is -2.35. The van der Waals surface area contributed by atoms with E-state index in [2.05, 4.69) is 21.2 Å². The van der Waals surface area contributed by atoms with Crippen LogP contribution in [0.5, 0.6) is 0 Å². The van der Waals surface area contributed by atoms with Gasteiger partial charge in [-0.3, -0.25) is 13.9 Å². The van der Waals surface area contributed by atoms with Crippen molar-refractivity contribution in [2.24, 2.45) is 0 Å². The lowest BCUT2D eigenvalue weighted by atomic mass is 9.94. The fourth-order valence-electron chi connectivity index (χ4n) is 5.89. The fourth-order valence-corrected chi connectivity index (χ4v) is 7.85. The van der Waals surface area contributed by atoms with Crippen LogP contribution in [0.1, 0.15) is 48.8 Å². The number of amides is 2. The van der Waals surface area contributed by atoms with Gasteiger partial charge in [0.25, 0.3) is 10.0 Å². The number of anilines is 1. The van der Waals surface area contributed by atoms with Crippen LogP contribution in [-0.2, 0) is 32.6 Å². The van der Waals surface area contributed by atoms with E-state index in [0.717, 1.165) is 57.6 Å². The highest BCUT2D eigenvalue weighted by atomic mass is 79.9. The first-order chi connectivity index (χ1) is 23.0. The zero-order valence-corrected chi connectivity index (χ0v) is 30.5. The van der Waals surface area contributed by atoms with Crippen LogP contribution in [-0.4, -0.2) is 43.8 Å². The number of aryl methyl sites for hydroxylation is 1. The van der Waals surface area contributed by atoms with Crippen LogP contribution in [0.25, 0.3) is 0 Å². The molecular formula is C37H38BrCl2N3O4S. The Morgan fingerprint density at radius 2 is 1.52 bits per heavy atom. The highest BCUT2D eigenvalue weighted by Crippen LogP contribution is 2.31. The van der Waals surface area contributed by atoms with E-state index >= 15 is 0 Å². The summed E-state index contributed by atoms with van der Waals surface area (Å²) in [5.41, 5.74) is 2.73. The van der Waals surface area contributed by atoms with Crippen LogP contribution in [0.3, 0.4) is 0 Å². The van der Waals surface area contributed by atoms with Crippen molar-refractivity contribution < 1.29 is 18.0 Å². The van der Waals surface area contributed by atoms with Crippen molar-refractivity contribution in [1.82, 2.24) is 10.2 Å². The van der Waals surface area contributed by atoms with Crippen LogP contribution in [0.15, 0.2) is 106 Å². The maximum absolute atomic E-state index is 14.7. The smallest absolute Gasteiger partial charge is 0.264 e. The minimum absolute atomic E-state index is 0.0160. The average Bonchev–Trinajstić information content (AvgIpc) is 3.08. The van der Waals surface area contributed by atoms with Gasteiger partial charge in [-0.1, -0.05) is 119 Å². The average molecular weight is 772 g/mol. The lowest BCUT2D eigenvalue weighted by molar-refractivity contribution is -0.140. The number of halogens is 3. The molecule has 0 aliphatic heterocycles. The standard InChI is InChI=1S/C37H38BrCl2N3O4S/c1-26-12-19-32(20-13-26)48(46,47)43(31-18-21-33(39)34(40)23-31)25-36(44)42(24-28-14-16-29(38)17-15-28)35(22-27-8-4-2-5-9-27)37(45)41-30-10-6-3-7-11-30/h2,4-5,8-9,12-21,23,30,35H,3,6-7,10-11,22,24-25H2,1H3,(H,41,45). The van der Waals surface area contributed by atoms with Gasteiger partial charge in [-0.25, -0.2) is 8.42 Å². The zero-order valence-electron chi connectivity index (χ0n) is 26.6. The molecule has 0 saturated heterocycles. The quantitative estimate of drug-likeness (QED) is 0.157. The van der Waals surface area contributed by atoms with E-state index in [-0.39, 0.29) is 45.5 Å². The molecule has 0 spiro atoms. The predicted molar refractivity (Wildman–Crippen MR) is 196 cm³/mol. The van der Waals surface area contributed by atoms with Crippen molar-refractivity contribution in [2.75, 3.05) is 10.8 Å². The number of nitrogens with one attached hydrogen (secondary N) is 1. The highest BCUT2D eigenvalue weighted by Gasteiger charge is 2.35. The first-order valence-electron chi connectivity index (χ1n) is 15.9. The molecule has 1 atom stereocenters. The highest BCUT2D eigenvalue weighted by molar-refractivity contribution is 9.10. The number of hydrogen-bond donors (Lipinski definition) is 1. The van der Waals surface area contributed by atoms with Crippen molar-refractivity contribution >= 4 is 66.7 Å². The van der Waals surface area contributed by atoms with E-state index in [1.807, 2.05) is 61.5 Å². The second-order valence-electron chi connectivity index (χ2n) is 12.1. The number of sulfonamides is 1. The lowest BCUT2D eigenvalue weighted by Crippen LogP contribution is -2.55. The zero-order chi connectivity index (χ0) is 34.3. The number of hydrogen-bond acceptors (Lipinski definition) is 4. The van der Waals surface area contributed by atoms with E-state index < -0.39 is 28.5 Å². The van der Waals surface area contributed by atoms with Gasteiger partial charge in [-0.15, -0.1) is 0 Å². The number of benzene rings is 4. The summed E-state index contributed by atoms with van der Waals surface area (Å²) in [4.78, 5) is 30.4. The van der Waals surface area contributed by atoms with E-state index in [1.54, 1.807) is 12.1 Å². The number of nitrogens with zero attached hydrogens (tertiary/aromatic N) is 2. The maximum atomic E-state index is 14.7. The van der Waals surface area contributed by atoms with Gasteiger partial charge < -0.3 is 10.2 Å². The number of rotatable bonds is 12.